The normalized spacial score (nSPS) is 22.0. The van der Waals surface area contributed by atoms with Gasteiger partial charge in [0, 0.05) is 37.9 Å². The third-order valence-corrected chi connectivity index (χ3v) is 8.21. The number of nitrogens with one attached hydrogen (secondary N) is 6. The minimum absolute atomic E-state index is 0.107. The Morgan fingerprint density at radius 1 is 0.941 bits per heavy atom. The summed E-state index contributed by atoms with van der Waals surface area (Å²) < 4.78 is 0. The summed E-state index contributed by atoms with van der Waals surface area (Å²) in [7, 11) is 0. The lowest BCUT2D eigenvalue weighted by molar-refractivity contribution is -0.137. The molecule has 0 aliphatic carbocycles. The van der Waals surface area contributed by atoms with E-state index in [1.54, 1.807) is 57.2 Å². The smallest absolute Gasteiger partial charge is 0.247 e. The predicted octanol–water partition coefficient (Wildman–Crippen LogP) is 0.611. The summed E-state index contributed by atoms with van der Waals surface area (Å²) in [4.78, 5) is 79.1. The average molecular weight is 706 g/mol. The van der Waals surface area contributed by atoms with Gasteiger partial charge in [-0.05, 0) is 58.4 Å². The number of unbranched alkanes of at least 4 members (excludes halogenated alkanes) is 2. The van der Waals surface area contributed by atoms with Gasteiger partial charge in [0.1, 0.15) is 24.7 Å². The van der Waals surface area contributed by atoms with Gasteiger partial charge in [0.25, 0.3) is 0 Å². The summed E-state index contributed by atoms with van der Waals surface area (Å²) in [6, 6.07) is 5.88. The third-order valence-electron chi connectivity index (χ3n) is 8.21. The van der Waals surface area contributed by atoms with E-state index in [0.717, 1.165) is 49.9 Å². The lowest BCUT2D eigenvalue weighted by Gasteiger charge is -2.31. The molecule has 51 heavy (non-hydrogen) atoms. The first-order chi connectivity index (χ1) is 24.4. The van der Waals surface area contributed by atoms with Gasteiger partial charge in [-0.1, -0.05) is 60.7 Å². The quantitative estimate of drug-likeness (QED) is 0.0596. The molecule has 276 valence electrons. The van der Waals surface area contributed by atoms with Gasteiger partial charge in [0.2, 0.25) is 35.4 Å². The van der Waals surface area contributed by atoms with E-state index >= 15 is 0 Å². The number of fused-ring (bicyclic) bond motifs is 2. The Labute approximate surface area is 299 Å². The molecule has 14 nitrogen and oxygen atoms in total. The summed E-state index contributed by atoms with van der Waals surface area (Å²) in [6.07, 6.45) is 17.2. The molecule has 7 N–H and O–H groups in total. The van der Waals surface area contributed by atoms with Crippen molar-refractivity contribution in [3.63, 3.8) is 0 Å². The van der Waals surface area contributed by atoms with Crippen molar-refractivity contribution in [3.8, 4) is 0 Å². The van der Waals surface area contributed by atoms with Crippen LogP contribution < -0.4 is 31.9 Å². The summed E-state index contributed by atoms with van der Waals surface area (Å²) in [5.74, 6) is -3.28. The van der Waals surface area contributed by atoms with Crippen LogP contribution in [0.1, 0.15) is 58.4 Å². The Morgan fingerprint density at radius 2 is 1.67 bits per heavy atom. The van der Waals surface area contributed by atoms with Crippen molar-refractivity contribution in [1.82, 2.24) is 36.8 Å². The fourth-order valence-corrected chi connectivity index (χ4v) is 5.45. The van der Waals surface area contributed by atoms with Crippen LogP contribution in [0.15, 0.2) is 79.1 Å². The number of benzene rings is 1. The summed E-state index contributed by atoms with van der Waals surface area (Å²) in [5.41, 5.74) is -0.121. The van der Waals surface area contributed by atoms with Crippen LogP contribution in [-0.2, 0) is 35.2 Å². The van der Waals surface area contributed by atoms with E-state index in [1.807, 2.05) is 12.1 Å². The molecule has 2 saturated heterocycles. The van der Waals surface area contributed by atoms with Crippen molar-refractivity contribution in [2.75, 3.05) is 19.6 Å². The number of hydrogen-bond acceptors (Lipinski definition) is 8. The maximum absolute atomic E-state index is 13.5. The predicted molar refractivity (Wildman–Crippen MR) is 192 cm³/mol. The highest BCUT2D eigenvalue weighted by atomic mass is 16.3. The highest BCUT2D eigenvalue weighted by Gasteiger charge is 2.45. The van der Waals surface area contributed by atoms with E-state index < -0.39 is 53.3 Å². The number of amides is 6. The molecule has 2 fully saturated rings. The number of carbonyl (C=O) groups is 6. The molecule has 0 spiro atoms. The van der Waals surface area contributed by atoms with Gasteiger partial charge in [0.15, 0.2) is 0 Å². The topological polar surface area (TPSA) is 198 Å². The average Bonchev–Trinajstić information content (AvgIpc) is 3.30. The molecule has 4 atom stereocenters. The molecule has 1 aromatic rings. The van der Waals surface area contributed by atoms with Crippen molar-refractivity contribution >= 4 is 35.4 Å². The van der Waals surface area contributed by atoms with E-state index in [-0.39, 0.29) is 38.1 Å². The zero-order valence-corrected chi connectivity index (χ0v) is 29.5. The van der Waals surface area contributed by atoms with Crippen LogP contribution in [-0.4, -0.2) is 95.0 Å². The standard InChI is InChI=1S/C37H51N7O7/c1-26(45)16-12-9-7-5-4-6-8-10-15-19-31(46)38-21-20-32(47)39-23-29-34(49)40-24-30-36(51)44(37(2,3)43-30)25-33(48)41-28(35(50)42-29)22-27-17-13-11-14-18-27/h7-11,13-15,17-21,26,28-30,43,45H,4-6,12,16,22-25H2,1-3H3,(H,38,46)(H,39,47)(H,40,49)(H,41,48)(H,42,50)/b9-7+,10-8+,19-15+,21-20+/t26?,28-,29?,30?/m0/s1. The molecule has 2 aliphatic rings. The number of aliphatic hydroxyl groups excluding tert-OH is 1. The van der Waals surface area contributed by atoms with Gasteiger partial charge in [0.05, 0.1) is 11.8 Å². The molecule has 3 unspecified atom stereocenters. The SMILES string of the molecule is CC(O)CC/C=C/CCC/C=C/C=C/C(=O)N/C=C/C(=O)NCC1NC(=O)[C@H](Cc2ccccc2)NC(=O)CN2C(=O)C(CNC1=O)NC2(C)C. The fraction of sp³-hybridized carbons (Fsp3) is 0.459. The molecule has 2 aliphatic heterocycles. The summed E-state index contributed by atoms with van der Waals surface area (Å²) in [6.45, 7) is 4.55. The molecule has 6 amide bonds. The first-order valence-corrected chi connectivity index (χ1v) is 17.3. The molecule has 0 radical (unpaired) electrons. The number of aliphatic hydroxyl groups is 1. The Hall–Kier alpha value is -5.08. The first kappa shape index (κ1) is 40.4. The van der Waals surface area contributed by atoms with Crippen LogP contribution in [0, 0.1) is 0 Å². The van der Waals surface area contributed by atoms with Crippen LogP contribution >= 0.6 is 0 Å². The van der Waals surface area contributed by atoms with Gasteiger partial charge in [-0.15, -0.1) is 0 Å². The molecular weight excluding hydrogens is 654 g/mol. The van der Waals surface area contributed by atoms with Crippen LogP contribution in [0.4, 0.5) is 0 Å². The van der Waals surface area contributed by atoms with Crippen molar-refractivity contribution in [2.24, 2.45) is 0 Å². The maximum Gasteiger partial charge on any atom is 0.247 e. The minimum atomic E-state index is -1.25. The number of rotatable bonds is 15. The maximum atomic E-state index is 13.5. The Kier molecular flexibility index (Phi) is 16.3. The van der Waals surface area contributed by atoms with E-state index in [4.69, 9.17) is 0 Å². The van der Waals surface area contributed by atoms with Crippen LogP contribution in [0.25, 0.3) is 0 Å². The molecule has 2 heterocycles. The largest absolute Gasteiger partial charge is 0.393 e. The van der Waals surface area contributed by atoms with Crippen molar-refractivity contribution in [1.29, 1.82) is 0 Å². The molecule has 3 rings (SSSR count). The summed E-state index contributed by atoms with van der Waals surface area (Å²) >= 11 is 0. The molecule has 1 aromatic carbocycles. The van der Waals surface area contributed by atoms with E-state index in [2.05, 4.69) is 44.1 Å². The molecule has 2 bridgehead atoms. The van der Waals surface area contributed by atoms with E-state index in [9.17, 15) is 33.9 Å². The summed E-state index contributed by atoms with van der Waals surface area (Å²) in [5, 5.41) is 25.4. The van der Waals surface area contributed by atoms with E-state index in [0.29, 0.717) is 0 Å². The second-order valence-corrected chi connectivity index (χ2v) is 13.0. The Balaban J connectivity index is 1.55. The molecular formula is C37H51N7O7. The monoisotopic (exact) mass is 705 g/mol. The number of carbonyl (C=O) groups excluding carboxylic acids is 6. The highest BCUT2D eigenvalue weighted by molar-refractivity contribution is 5.96. The number of nitrogens with zero attached hydrogens (tertiary/aromatic N) is 1. The van der Waals surface area contributed by atoms with E-state index in [1.165, 1.54) is 11.0 Å². The van der Waals surface area contributed by atoms with Gasteiger partial charge in [-0.25, -0.2) is 0 Å². The third kappa shape index (κ3) is 14.4. The Morgan fingerprint density at radius 3 is 2.41 bits per heavy atom. The van der Waals surface area contributed by atoms with Crippen LogP contribution in [0.3, 0.4) is 0 Å². The van der Waals surface area contributed by atoms with Gasteiger partial charge >= 0.3 is 0 Å². The van der Waals surface area contributed by atoms with Crippen LogP contribution in [0.5, 0.6) is 0 Å². The second kappa shape index (κ2) is 20.6. The lowest BCUT2D eigenvalue weighted by Crippen LogP contribution is -2.59. The zero-order valence-electron chi connectivity index (χ0n) is 29.5. The molecule has 0 aromatic heterocycles. The number of hydrogen-bond donors (Lipinski definition) is 7. The van der Waals surface area contributed by atoms with Crippen molar-refractivity contribution < 1.29 is 33.9 Å². The Bertz CT molecular complexity index is 1490. The second-order valence-electron chi connectivity index (χ2n) is 13.0. The minimum Gasteiger partial charge on any atom is -0.393 e. The zero-order chi connectivity index (χ0) is 37.2. The molecule has 14 heteroatoms. The van der Waals surface area contributed by atoms with Gasteiger partial charge in [-0.3, -0.25) is 34.1 Å². The van der Waals surface area contributed by atoms with Crippen molar-refractivity contribution in [3.05, 3.63) is 84.6 Å². The highest BCUT2D eigenvalue weighted by Crippen LogP contribution is 2.20. The van der Waals surface area contributed by atoms with Gasteiger partial charge in [-0.2, -0.15) is 0 Å². The fourth-order valence-electron chi connectivity index (χ4n) is 5.45. The first-order valence-electron chi connectivity index (χ1n) is 17.3. The number of allylic oxidation sites excluding steroid dienone is 5. The van der Waals surface area contributed by atoms with Crippen LogP contribution in [0.2, 0.25) is 0 Å². The van der Waals surface area contributed by atoms with Crippen molar-refractivity contribution in [2.45, 2.75) is 89.2 Å². The van der Waals surface area contributed by atoms with Gasteiger partial charge < -0.3 is 36.6 Å². The lowest BCUT2D eigenvalue weighted by atomic mass is 10.0. The molecule has 0 saturated carbocycles.